The van der Waals surface area contributed by atoms with E-state index in [-0.39, 0.29) is 12.2 Å². The molecule has 0 fully saturated rings. The fourth-order valence-corrected chi connectivity index (χ4v) is 3.94. The number of aryl methyl sites for hydroxylation is 1. The van der Waals surface area contributed by atoms with Crippen LogP contribution in [0.1, 0.15) is 47.4 Å². The van der Waals surface area contributed by atoms with E-state index in [2.05, 4.69) is 0 Å². The molecular formula is C24H26N2O5. The summed E-state index contributed by atoms with van der Waals surface area (Å²) in [4.78, 5) is 30.3. The first-order chi connectivity index (χ1) is 15.1. The Labute approximate surface area is 180 Å². The molecule has 7 nitrogen and oxygen atoms in total. The normalized spacial score (nSPS) is 13.7. The van der Waals surface area contributed by atoms with E-state index in [1.807, 2.05) is 0 Å². The summed E-state index contributed by atoms with van der Waals surface area (Å²) in [5.41, 5.74) is 1.55. The molecule has 0 N–H and O–H groups in total. The molecule has 4 rings (SSSR count). The SMILES string of the molecule is COc1ccc(OC)c(COC(=O)c2ccc3c(=O)n4c(nc3c2)CCCCCC4)c1. The van der Waals surface area contributed by atoms with Crippen LogP contribution >= 0.6 is 0 Å². The molecule has 1 aliphatic heterocycles. The summed E-state index contributed by atoms with van der Waals surface area (Å²) < 4.78 is 17.8. The number of esters is 1. The van der Waals surface area contributed by atoms with Crippen molar-refractivity contribution in [3.05, 3.63) is 63.7 Å². The van der Waals surface area contributed by atoms with E-state index in [1.165, 1.54) is 0 Å². The summed E-state index contributed by atoms with van der Waals surface area (Å²) in [5.74, 6) is 1.57. The largest absolute Gasteiger partial charge is 0.497 e. The summed E-state index contributed by atoms with van der Waals surface area (Å²) in [6.07, 6.45) is 5.05. The molecule has 0 saturated carbocycles. The van der Waals surface area contributed by atoms with Gasteiger partial charge in [-0.2, -0.15) is 0 Å². The minimum atomic E-state index is -0.486. The Balaban J connectivity index is 1.59. The number of ether oxygens (including phenoxy) is 3. The highest BCUT2D eigenvalue weighted by atomic mass is 16.5. The lowest BCUT2D eigenvalue weighted by Gasteiger charge is -2.16. The van der Waals surface area contributed by atoms with Crippen LogP contribution in [0.3, 0.4) is 0 Å². The van der Waals surface area contributed by atoms with Crippen LogP contribution in [0, 0.1) is 0 Å². The Hall–Kier alpha value is -3.35. The fourth-order valence-electron chi connectivity index (χ4n) is 3.94. The molecule has 0 amide bonds. The number of rotatable bonds is 5. The quantitative estimate of drug-likeness (QED) is 0.581. The highest BCUT2D eigenvalue weighted by Gasteiger charge is 2.16. The zero-order valence-electron chi connectivity index (χ0n) is 17.8. The highest BCUT2D eigenvalue weighted by Crippen LogP contribution is 2.25. The average molecular weight is 422 g/mol. The second-order valence-electron chi connectivity index (χ2n) is 7.63. The van der Waals surface area contributed by atoms with Crippen LogP contribution in [0.4, 0.5) is 0 Å². The van der Waals surface area contributed by atoms with Crippen LogP contribution < -0.4 is 15.0 Å². The van der Waals surface area contributed by atoms with Gasteiger partial charge in [-0.3, -0.25) is 9.36 Å². The minimum absolute atomic E-state index is 0.0389. The molecule has 2 heterocycles. The predicted molar refractivity (Wildman–Crippen MR) is 117 cm³/mol. The molecule has 1 aromatic heterocycles. The molecule has 3 aromatic rings. The molecule has 31 heavy (non-hydrogen) atoms. The third-order valence-corrected chi connectivity index (χ3v) is 5.65. The Bertz CT molecular complexity index is 1170. The Kier molecular flexibility index (Phi) is 6.21. The van der Waals surface area contributed by atoms with Crippen molar-refractivity contribution in [2.75, 3.05) is 14.2 Å². The first-order valence-electron chi connectivity index (χ1n) is 10.5. The average Bonchev–Trinajstić information content (AvgIpc) is 2.78. The lowest BCUT2D eigenvalue weighted by atomic mass is 10.1. The summed E-state index contributed by atoms with van der Waals surface area (Å²) in [6.45, 7) is 0.737. The van der Waals surface area contributed by atoms with Crippen molar-refractivity contribution in [1.82, 2.24) is 9.55 Å². The van der Waals surface area contributed by atoms with Gasteiger partial charge in [-0.15, -0.1) is 0 Å². The molecule has 0 spiro atoms. The van der Waals surface area contributed by atoms with Crippen LogP contribution in [-0.2, 0) is 24.3 Å². The molecule has 162 valence electrons. The number of hydrogen-bond donors (Lipinski definition) is 0. The summed E-state index contributed by atoms with van der Waals surface area (Å²) in [6, 6.07) is 10.2. The maximum Gasteiger partial charge on any atom is 0.338 e. The highest BCUT2D eigenvalue weighted by molar-refractivity contribution is 5.94. The van der Waals surface area contributed by atoms with Gasteiger partial charge >= 0.3 is 5.97 Å². The monoisotopic (exact) mass is 422 g/mol. The molecule has 2 aromatic carbocycles. The van der Waals surface area contributed by atoms with Crippen molar-refractivity contribution < 1.29 is 19.0 Å². The lowest BCUT2D eigenvalue weighted by molar-refractivity contribution is 0.0470. The number of aromatic nitrogens is 2. The summed E-state index contributed by atoms with van der Waals surface area (Å²) in [5, 5.41) is 0.523. The van der Waals surface area contributed by atoms with Gasteiger partial charge in [-0.1, -0.05) is 12.8 Å². The van der Waals surface area contributed by atoms with Crippen molar-refractivity contribution in [3.63, 3.8) is 0 Å². The molecule has 0 atom stereocenters. The van der Waals surface area contributed by atoms with Gasteiger partial charge in [-0.05, 0) is 49.2 Å². The third-order valence-electron chi connectivity index (χ3n) is 5.65. The number of carbonyl (C=O) groups is 1. The number of hydrogen-bond acceptors (Lipinski definition) is 6. The lowest BCUT2D eigenvalue weighted by Crippen LogP contribution is -2.26. The number of nitrogens with zero attached hydrogens (tertiary/aromatic N) is 2. The number of methoxy groups -OCH3 is 2. The minimum Gasteiger partial charge on any atom is -0.497 e. The third kappa shape index (κ3) is 4.40. The van der Waals surface area contributed by atoms with Crippen molar-refractivity contribution in [3.8, 4) is 11.5 Å². The molecular weight excluding hydrogens is 396 g/mol. The van der Waals surface area contributed by atoms with E-state index in [0.29, 0.717) is 40.1 Å². The number of benzene rings is 2. The van der Waals surface area contributed by atoms with Gasteiger partial charge in [0, 0.05) is 18.5 Å². The van der Waals surface area contributed by atoms with Crippen molar-refractivity contribution >= 4 is 16.9 Å². The number of carbonyl (C=O) groups excluding carboxylic acids is 1. The first-order valence-corrected chi connectivity index (χ1v) is 10.5. The molecule has 1 aliphatic rings. The van der Waals surface area contributed by atoms with Crippen LogP contribution in [0.5, 0.6) is 11.5 Å². The number of fused-ring (bicyclic) bond motifs is 2. The molecule has 0 unspecified atom stereocenters. The second kappa shape index (κ2) is 9.20. The Morgan fingerprint density at radius 3 is 2.68 bits per heavy atom. The molecule has 0 aliphatic carbocycles. The van der Waals surface area contributed by atoms with Gasteiger partial charge < -0.3 is 14.2 Å². The van der Waals surface area contributed by atoms with E-state index in [9.17, 15) is 9.59 Å². The van der Waals surface area contributed by atoms with Crippen molar-refractivity contribution in [2.24, 2.45) is 0 Å². The fraction of sp³-hybridized carbons (Fsp3) is 0.375. The van der Waals surface area contributed by atoms with E-state index in [4.69, 9.17) is 19.2 Å². The van der Waals surface area contributed by atoms with Gasteiger partial charge in [0.1, 0.15) is 23.9 Å². The van der Waals surface area contributed by atoms with E-state index >= 15 is 0 Å². The molecule has 0 saturated heterocycles. The van der Waals surface area contributed by atoms with E-state index in [1.54, 1.807) is 55.2 Å². The molecule has 7 heteroatoms. The Morgan fingerprint density at radius 1 is 1.03 bits per heavy atom. The van der Waals surface area contributed by atoms with Gasteiger partial charge in [0.05, 0.1) is 30.7 Å². The second-order valence-corrected chi connectivity index (χ2v) is 7.63. The Morgan fingerprint density at radius 2 is 1.87 bits per heavy atom. The standard InChI is InChI=1S/C24H26N2O5/c1-29-18-9-11-21(30-2)17(13-18)15-31-24(28)16-8-10-19-20(14-16)25-22-7-5-3-4-6-12-26(22)23(19)27/h8-11,13-14H,3-7,12,15H2,1-2H3. The zero-order valence-corrected chi connectivity index (χ0v) is 17.8. The molecule has 0 radical (unpaired) electrons. The van der Waals surface area contributed by atoms with E-state index in [0.717, 1.165) is 37.9 Å². The van der Waals surface area contributed by atoms with Crippen LogP contribution in [0.2, 0.25) is 0 Å². The zero-order chi connectivity index (χ0) is 21.8. The van der Waals surface area contributed by atoms with Gasteiger partial charge in [0.15, 0.2) is 0 Å². The van der Waals surface area contributed by atoms with Crippen LogP contribution in [-0.4, -0.2) is 29.7 Å². The smallest absolute Gasteiger partial charge is 0.338 e. The van der Waals surface area contributed by atoms with Gasteiger partial charge in [-0.25, -0.2) is 9.78 Å². The topological polar surface area (TPSA) is 79.7 Å². The predicted octanol–water partition coefficient (Wildman–Crippen LogP) is 3.89. The van der Waals surface area contributed by atoms with Crippen molar-refractivity contribution in [1.29, 1.82) is 0 Å². The van der Waals surface area contributed by atoms with E-state index < -0.39 is 5.97 Å². The van der Waals surface area contributed by atoms with Crippen LogP contribution in [0.25, 0.3) is 10.9 Å². The van der Waals surface area contributed by atoms with Gasteiger partial charge in [0.25, 0.3) is 5.56 Å². The summed E-state index contributed by atoms with van der Waals surface area (Å²) in [7, 11) is 3.14. The summed E-state index contributed by atoms with van der Waals surface area (Å²) >= 11 is 0. The van der Waals surface area contributed by atoms with Gasteiger partial charge in [0.2, 0.25) is 0 Å². The maximum absolute atomic E-state index is 12.9. The first kappa shape index (κ1) is 20.9. The maximum atomic E-state index is 12.9. The van der Waals surface area contributed by atoms with Crippen LogP contribution in [0.15, 0.2) is 41.2 Å². The molecule has 0 bridgehead atoms. The van der Waals surface area contributed by atoms with Crippen molar-refractivity contribution in [2.45, 2.75) is 45.3 Å².